The molecule has 1 amide bonds. The third-order valence-corrected chi connectivity index (χ3v) is 6.85. The van der Waals surface area contributed by atoms with Gasteiger partial charge in [-0.05, 0) is 38.1 Å². The standard InChI is InChI=1S/C19H16N2OS3/c1-3-20-14-6-4-5-7-15(14)24-18(20)16-17(22)21(19(23)25-16)13-10-8-12(2)9-11-13/h4-11H,3H2,1-2H3. The Morgan fingerprint density at radius 1 is 1.04 bits per heavy atom. The van der Waals surface area contributed by atoms with Crippen LogP contribution >= 0.6 is 35.7 Å². The highest BCUT2D eigenvalue weighted by atomic mass is 32.2. The van der Waals surface area contributed by atoms with Crippen LogP contribution < -0.4 is 9.80 Å². The van der Waals surface area contributed by atoms with Crippen LogP contribution in [0.5, 0.6) is 0 Å². The van der Waals surface area contributed by atoms with Crippen LogP contribution in [0.4, 0.5) is 11.4 Å². The topological polar surface area (TPSA) is 23.6 Å². The van der Waals surface area contributed by atoms with Gasteiger partial charge in [0, 0.05) is 11.4 Å². The molecule has 2 aromatic rings. The molecule has 0 atom stereocenters. The first-order valence-electron chi connectivity index (χ1n) is 8.01. The van der Waals surface area contributed by atoms with Crippen molar-refractivity contribution in [3.63, 3.8) is 0 Å². The monoisotopic (exact) mass is 384 g/mol. The molecule has 0 N–H and O–H groups in total. The van der Waals surface area contributed by atoms with E-state index in [1.54, 1.807) is 16.7 Å². The molecule has 4 rings (SSSR count). The molecule has 2 aliphatic rings. The first kappa shape index (κ1) is 16.7. The van der Waals surface area contributed by atoms with E-state index < -0.39 is 0 Å². The third kappa shape index (κ3) is 2.78. The summed E-state index contributed by atoms with van der Waals surface area (Å²) >= 11 is 8.55. The molecular weight excluding hydrogens is 368 g/mol. The molecule has 1 saturated heterocycles. The van der Waals surface area contributed by atoms with Crippen molar-refractivity contribution in [2.75, 3.05) is 16.3 Å². The number of anilines is 2. The van der Waals surface area contributed by atoms with Gasteiger partial charge in [0.1, 0.15) is 9.93 Å². The van der Waals surface area contributed by atoms with Gasteiger partial charge < -0.3 is 4.90 Å². The maximum Gasteiger partial charge on any atom is 0.273 e. The Morgan fingerprint density at radius 3 is 2.48 bits per heavy atom. The number of carbonyl (C=O) groups excluding carboxylic acids is 1. The summed E-state index contributed by atoms with van der Waals surface area (Å²) in [5, 5.41) is 0.982. The molecule has 0 aromatic heterocycles. The van der Waals surface area contributed by atoms with Gasteiger partial charge in [-0.1, -0.05) is 65.6 Å². The first-order chi connectivity index (χ1) is 12.1. The predicted molar refractivity (Wildman–Crippen MR) is 111 cm³/mol. The summed E-state index contributed by atoms with van der Waals surface area (Å²) in [4.78, 5) is 18.9. The van der Waals surface area contributed by atoms with Gasteiger partial charge in [0.15, 0.2) is 4.32 Å². The second-order valence-corrected chi connectivity index (χ2v) is 8.47. The van der Waals surface area contributed by atoms with Crippen LogP contribution in [0.3, 0.4) is 0 Å². The molecule has 0 spiro atoms. The van der Waals surface area contributed by atoms with Crippen molar-refractivity contribution in [2.45, 2.75) is 18.7 Å². The minimum absolute atomic E-state index is 0.0346. The Balaban J connectivity index is 1.75. The minimum atomic E-state index is -0.0346. The second-order valence-electron chi connectivity index (χ2n) is 5.79. The van der Waals surface area contributed by atoms with Gasteiger partial charge in [0.05, 0.1) is 11.4 Å². The lowest BCUT2D eigenvalue weighted by Crippen LogP contribution is -2.28. The van der Waals surface area contributed by atoms with E-state index in [9.17, 15) is 4.79 Å². The average Bonchev–Trinajstić information content (AvgIpc) is 3.13. The van der Waals surface area contributed by atoms with E-state index in [-0.39, 0.29) is 5.91 Å². The lowest BCUT2D eigenvalue weighted by Gasteiger charge is -2.19. The first-order valence-corrected chi connectivity index (χ1v) is 10.1. The van der Waals surface area contributed by atoms with Gasteiger partial charge in [-0.2, -0.15) is 0 Å². The SMILES string of the molecule is CCN1C(=C2SC(=S)N(c3ccc(C)cc3)C2=O)Sc2ccccc21. The number of para-hydroxylation sites is 1. The highest BCUT2D eigenvalue weighted by Gasteiger charge is 2.39. The maximum atomic E-state index is 13.1. The molecular formula is C19H16N2OS3. The Bertz CT molecular complexity index is 905. The number of nitrogens with zero attached hydrogens (tertiary/aromatic N) is 2. The van der Waals surface area contributed by atoms with Gasteiger partial charge in [-0.15, -0.1) is 0 Å². The molecule has 25 heavy (non-hydrogen) atoms. The van der Waals surface area contributed by atoms with Crippen molar-refractivity contribution < 1.29 is 4.79 Å². The number of thiocarbonyl (C=S) groups is 1. The third-order valence-electron chi connectivity index (χ3n) is 4.18. The van der Waals surface area contributed by atoms with Crippen molar-refractivity contribution in [3.05, 3.63) is 64.0 Å². The molecule has 1 fully saturated rings. The number of rotatable bonds is 2. The number of thioether (sulfide) groups is 2. The fourth-order valence-corrected chi connectivity index (χ4v) is 5.60. The van der Waals surface area contributed by atoms with E-state index in [0.29, 0.717) is 9.23 Å². The van der Waals surface area contributed by atoms with Crippen molar-refractivity contribution >= 4 is 57.3 Å². The highest BCUT2D eigenvalue weighted by Crippen LogP contribution is 2.50. The van der Waals surface area contributed by atoms with Crippen LogP contribution in [0.15, 0.2) is 63.4 Å². The zero-order valence-corrected chi connectivity index (χ0v) is 16.3. The van der Waals surface area contributed by atoms with Gasteiger partial charge in [-0.25, -0.2) is 0 Å². The van der Waals surface area contributed by atoms with Crippen molar-refractivity contribution in [2.24, 2.45) is 0 Å². The molecule has 0 bridgehead atoms. The molecule has 2 heterocycles. The maximum absolute atomic E-state index is 13.1. The molecule has 3 nitrogen and oxygen atoms in total. The summed E-state index contributed by atoms with van der Waals surface area (Å²) in [6.07, 6.45) is 0. The normalized spacial score (nSPS) is 19.8. The number of hydrogen-bond donors (Lipinski definition) is 0. The fourth-order valence-electron chi connectivity index (χ4n) is 2.93. The lowest BCUT2D eigenvalue weighted by molar-refractivity contribution is -0.113. The molecule has 0 aliphatic carbocycles. The van der Waals surface area contributed by atoms with E-state index in [0.717, 1.165) is 28.5 Å². The van der Waals surface area contributed by atoms with E-state index >= 15 is 0 Å². The molecule has 0 radical (unpaired) electrons. The summed E-state index contributed by atoms with van der Waals surface area (Å²) in [5.74, 6) is -0.0346. The van der Waals surface area contributed by atoms with E-state index in [2.05, 4.69) is 24.0 Å². The van der Waals surface area contributed by atoms with E-state index in [4.69, 9.17) is 12.2 Å². The summed E-state index contributed by atoms with van der Waals surface area (Å²) in [5.41, 5.74) is 3.14. The van der Waals surface area contributed by atoms with Crippen LogP contribution in [0.25, 0.3) is 0 Å². The summed E-state index contributed by atoms with van der Waals surface area (Å²) in [7, 11) is 0. The number of benzene rings is 2. The van der Waals surface area contributed by atoms with Gasteiger partial charge >= 0.3 is 0 Å². The van der Waals surface area contributed by atoms with Crippen molar-refractivity contribution in [3.8, 4) is 0 Å². The Hall–Kier alpha value is -1.76. The number of aryl methyl sites for hydroxylation is 1. The van der Waals surface area contributed by atoms with Crippen LogP contribution in [0.1, 0.15) is 12.5 Å². The largest absolute Gasteiger partial charge is 0.334 e. The summed E-state index contributed by atoms with van der Waals surface area (Å²) in [6, 6.07) is 16.1. The molecule has 2 aliphatic heterocycles. The molecule has 0 saturated carbocycles. The lowest BCUT2D eigenvalue weighted by atomic mass is 10.2. The number of fused-ring (bicyclic) bond motifs is 1. The predicted octanol–water partition coefficient (Wildman–Crippen LogP) is 5.16. The average molecular weight is 385 g/mol. The van der Waals surface area contributed by atoms with Crippen LogP contribution in [0, 0.1) is 6.92 Å². The summed E-state index contributed by atoms with van der Waals surface area (Å²) in [6.45, 7) is 4.94. The van der Waals surface area contributed by atoms with Gasteiger partial charge in [0.25, 0.3) is 5.91 Å². The van der Waals surface area contributed by atoms with Gasteiger partial charge in [0.2, 0.25) is 0 Å². The minimum Gasteiger partial charge on any atom is -0.334 e. The van der Waals surface area contributed by atoms with Crippen molar-refractivity contribution in [1.29, 1.82) is 0 Å². The van der Waals surface area contributed by atoms with Crippen LogP contribution in [0.2, 0.25) is 0 Å². The molecule has 2 aromatic carbocycles. The fraction of sp³-hybridized carbons (Fsp3) is 0.158. The Morgan fingerprint density at radius 2 is 1.76 bits per heavy atom. The van der Waals surface area contributed by atoms with Crippen molar-refractivity contribution in [1.82, 2.24) is 0 Å². The zero-order valence-electron chi connectivity index (χ0n) is 13.9. The highest BCUT2D eigenvalue weighted by molar-refractivity contribution is 8.27. The second kappa shape index (κ2) is 6.52. The summed E-state index contributed by atoms with van der Waals surface area (Å²) < 4.78 is 0.587. The molecule has 0 unspecified atom stereocenters. The number of carbonyl (C=O) groups is 1. The molecule has 6 heteroatoms. The van der Waals surface area contributed by atoms with Crippen LogP contribution in [-0.2, 0) is 4.79 Å². The van der Waals surface area contributed by atoms with Crippen LogP contribution in [-0.4, -0.2) is 16.8 Å². The number of amides is 1. The van der Waals surface area contributed by atoms with Gasteiger partial charge in [-0.3, -0.25) is 9.69 Å². The van der Waals surface area contributed by atoms with E-state index in [1.807, 2.05) is 43.3 Å². The smallest absolute Gasteiger partial charge is 0.273 e. The quantitative estimate of drug-likeness (QED) is 0.526. The number of hydrogen-bond acceptors (Lipinski definition) is 5. The van der Waals surface area contributed by atoms with E-state index in [1.165, 1.54) is 16.7 Å². The Kier molecular flexibility index (Phi) is 4.35. The zero-order chi connectivity index (χ0) is 17.6. The Labute approximate surface area is 161 Å². The molecule has 126 valence electrons.